The molecule has 9 N–H and O–H groups in total. The maximum absolute atomic E-state index is 12.8. The smallest absolute Gasteiger partial charge is 0.416 e. The first kappa shape index (κ1) is 83.3. The molecule has 544 valence electrons. The van der Waals surface area contributed by atoms with Crippen molar-refractivity contribution in [3.63, 3.8) is 0 Å². The lowest BCUT2D eigenvalue weighted by Crippen LogP contribution is -2.36. The first-order valence-corrected chi connectivity index (χ1v) is 32.5. The number of alkyl halides is 7. The van der Waals surface area contributed by atoms with Crippen molar-refractivity contribution in [2.45, 2.75) is 61.7 Å². The van der Waals surface area contributed by atoms with E-state index in [9.17, 15) is 95.8 Å². The lowest BCUT2D eigenvalue weighted by molar-refractivity contribution is -0.385. The van der Waals surface area contributed by atoms with Gasteiger partial charge in [0.25, 0.3) is 31.6 Å². The fourth-order valence-corrected chi connectivity index (χ4v) is 9.86. The Labute approximate surface area is 563 Å². The average molecular weight is 1510 g/mol. The first-order valence-electron chi connectivity index (χ1n) is 26.8. The average Bonchev–Trinajstić information content (AvgIpc) is 0.814. The molecule has 3 heterocycles. The van der Waals surface area contributed by atoms with Crippen molar-refractivity contribution in [1.29, 1.82) is 0 Å². The number of anilines is 2. The van der Waals surface area contributed by atoms with Crippen molar-refractivity contribution in [2.24, 2.45) is 5.73 Å². The summed E-state index contributed by atoms with van der Waals surface area (Å²) in [6.45, 7) is -2.82. The molecule has 0 saturated heterocycles. The summed E-state index contributed by atoms with van der Waals surface area (Å²) in [5.41, 5.74) is 2.09. The van der Waals surface area contributed by atoms with Crippen molar-refractivity contribution in [3.8, 4) is 35.0 Å². The molecule has 3 unspecified atom stereocenters. The summed E-state index contributed by atoms with van der Waals surface area (Å²) in [6, 6.07) is 10.5. The molecule has 6 rings (SSSR count). The minimum atomic E-state index is -4.71. The number of nitrogens with one attached hydrogen (secondary N) is 4. The van der Waals surface area contributed by atoms with Gasteiger partial charge in [-0.25, -0.2) is 46.8 Å². The predicted molar refractivity (Wildman–Crippen MR) is 327 cm³/mol. The van der Waals surface area contributed by atoms with Crippen molar-refractivity contribution in [2.75, 3.05) is 58.4 Å². The number of urea groups is 2. The van der Waals surface area contributed by atoms with Gasteiger partial charge in [0.2, 0.25) is 35.4 Å². The molecule has 0 spiro atoms. The number of hydrogen-bond donors (Lipinski definition) is 8. The number of amides is 5. The highest BCUT2D eigenvalue weighted by atomic mass is 35.5. The van der Waals surface area contributed by atoms with Crippen LogP contribution in [0.25, 0.3) is 0 Å². The van der Waals surface area contributed by atoms with Crippen LogP contribution in [0.4, 0.5) is 57.9 Å². The van der Waals surface area contributed by atoms with Crippen LogP contribution in [-0.4, -0.2) is 182 Å². The Morgan fingerprint density at radius 1 is 0.760 bits per heavy atom. The van der Waals surface area contributed by atoms with Crippen LogP contribution in [0.1, 0.15) is 56.9 Å². The van der Waals surface area contributed by atoms with E-state index in [4.69, 9.17) is 56.1 Å². The SMILES string of the molecule is CCOC(=O)C(C)OC(=O)c1cc(Oc2ccc(C(F)(F)F)cc2Cl)ccc1[N+](=O)[O-].COc1cc(OC)nc(NC(=O)NS(=O)(=O)c2ncccc2C(=O)N(C)C)n1.CP(=O)(O)CCC(N)C(=O)O.O=C(Nc1nc(OC(F)F)cc(OC(F)F)n1)NS(=O)(=O)c1ccccc1C(=O)O. The molecule has 0 aliphatic heterocycles. The Hall–Kier alpha value is -10.9. The summed E-state index contributed by atoms with van der Waals surface area (Å²) < 4.78 is 184. The quantitative estimate of drug-likeness (QED) is 0.00955. The molecular weight excluding hydrogens is 1450 g/mol. The second kappa shape index (κ2) is 37.2. The number of carbonyl (C=O) groups excluding carboxylic acids is 5. The van der Waals surface area contributed by atoms with Gasteiger partial charge < -0.3 is 58.9 Å². The molecule has 36 nitrogen and oxygen atoms in total. The number of carboxylic acids is 2. The number of aromatic carboxylic acids is 1. The number of nitrogens with two attached hydrogens (primary N) is 1. The number of esters is 2. The predicted octanol–water partition coefficient (Wildman–Crippen LogP) is 6.85. The molecule has 3 atom stereocenters. The van der Waals surface area contributed by atoms with Gasteiger partial charge >= 0.3 is 55.3 Å². The molecule has 47 heteroatoms. The van der Waals surface area contributed by atoms with Gasteiger partial charge in [0.1, 0.15) is 28.0 Å². The summed E-state index contributed by atoms with van der Waals surface area (Å²) in [7, 11) is -6.67. The molecule has 3 aromatic heterocycles. The van der Waals surface area contributed by atoms with Gasteiger partial charge in [-0.05, 0) is 68.8 Å². The highest BCUT2D eigenvalue weighted by molar-refractivity contribution is 7.90. The fourth-order valence-electron chi connectivity index (χ4n) is 6.74. The van der Waals surface area contributed by atoms with E-state index in [-0.39, 0.29) is 59.0 Å². The molecule has 100 heavy (non-hydrogen) atoms. The third-order valence-corrected chi connectivity index (χ3v) is 15.2. The third kappa shape index (κ3) is 27.2. The maximum Gasteiger partial charge on any atom is 0.416 e. The lowest BCUT2D eigenvalue weighted by atomic mass is 10.1. The van der Waals surface area contributed by atoms with Gasteiger partial charge in [-0.2, -0.15) is 59.1 Å². The molecule has 3 aromatic carbocycles. The fraction of sp³-hybridized carbons (Fsp3) is 0.283. The Morgan fingerprint density at radius 2 is 1.28 bits per heavy atom. The Kier molecular flexibility index (Phi) is 31.0. The number of carbonyl (C=O) groups is 7. The number of hydrogen-bond acceptors (Lipinski definition) is 27. The Morgan fingerprint density at radius 3 is 1.75 bits per heavy atom. The molecule has 0 bridgehead atoms. The number of nitro benzene ring substituents is 1. The first-order chi connectivity index (χ1) is 46.4. The summed E-state index contributed by atoms with van der Waals surface area (Å²) >= 11 is 5.83. The van der Waals surface area contributed by atoms with Crippen molar-refractivity contribution < 1.29 is 139 Å². The normalized spacial score (nSPS) is 12.2. The van der Waals surface area contributed by atoms with Crippen LogP contribution in [0, 0.1) is 10.1 Å². The van der Waals surface area contributed by atoms with Gasteiger partial charge in [-0.3, -0.25) is 34.9 Å². The van der Waals surface area contributed by atoms with Crippen LogP contribution in [0.15, 0.2) is 101 Å². The van der Waals surface area contributed by atoms with Crippen molar-refractivity contribution in [3.05, 3.63) is 129 Å². The number of benzene rings is 3. The van der Waals surface area contributed by atoms with E-state index < -0.39 is 156 Å². The molecule has 6 aromatic rings. The molecule has 0 fully saturated rings. The van der Waals surface area contributed by atoms with Gasteiger partial charge in [-0.15, -0.1) is 0 Å². The Balaban J connectivity index is 0.000000363. The summed E-state index contributed by atoms with van der Waals surface area (Å²) in [4.78, 5) is 119. The van der Waals surface area contributed by atoms with Crippen LogP contribution in [0.2, 0.25) is 5.02 Å². The highest BCUT2D eigenvalue weighted by Gasteiger charge is 2.33. The van der Waals surface area contributed by atoms with Crippen LogP contribution >= 0.6 is 19.0 Å². The van der Waals surface area contributed by atoms with E-state index in [1.165, 1.54) is 88.1 Å². The standard InChI is InChI=1S/C19H15ClF3NO7.C15H18N6O6S.C14H10F4N4O7S.C5H12NO4P/c1-3-29-17(25)10(2)30-18(26)13-9-12(5-6-15(13)24(27)28)31-16-7-4-11(8-14(16)20)19(21,22)23;1-21(2)13(22)9-6-5-7-16-12(9)28(24,25)20-15(23)19-14-17-10(26-3)8-11(18-14)27-4;15-11(16)28-8-5-9(29-12(17)18)20-13(19-8)21-14(25)22-30(26,27)7-4-2-1-3-6(7)10(23)24;1-11(9,10)3-2-4(6)5(7)8/h4-10H,3H2,1-2H3;5-8H,1-4H3,(H2,17,18,19,20,23);1-5,11-12H,(H,23,24)(H2,19,20,21,22,25);4H,2-3,6H2,1H3,(H,7,8)(H,9,10). The minimum absolute atomic E-state index is 0.0398. The summed E-state index contributed by atoms with van der Waals surface area (Å²) in [5.74, 6) is -8.61. The second-order valence-corrected chi connectivity index (χ2v) is 25.1. The zero-order valence-electron chi connectivity index (χ0n) is 52.0. The molecule has 0 aliphatic rings. The summed E-state index contributed by atoms with van der Waals surface area (Å²) in [5, 5.41) is 31.5. The highest BCUT2D eigenvalue weighted by Crippen LogP contribution is 2.38. The number of pyridine rings is 1. The van der Waals surface area contributed by atoms with Crippen LogP contribution in [-0.2, 0) is 49.9 Å². The number of nitro groups is 1. The lowest BCUT2D eigenvalue weighted by Gasteiger charge is -2.14. The second-order valence-electron chi connectivity index (χ2n) is 18.9. The monoisotopic (exact) mass is 1510 g/mol. The third-order valence-electron chi connectivity index (χ3n) is 11.1. The number of aliphatic carboxylic acids is 1. The number of sulfonamides is 2. The van der Waals surface area contributed by atoms with Gasteiger partial charge in [0, 0.05) is 45.3 Å². The van der Waals surface area contributed by atoms with E-state index >= 15 is 0 Å². The van der Waals surface area contributed by atoms with E-state index in [1.54, 1.807) is 17.0 Å². The van der Waals surface area contributed by atoms with Crippen LogP contribution < -0.4 is 49.5 Å². The van der Waals surface area contributed by atoms with Crippen LogP contribution in [0.3, 0.4) is 0 Å². The minimum Gasteiger partial charge on any atom is -0.481 e. The number of methoxy groups -OCH3 is 2. The van der Waals surface area contributed by atoms with E-state index in [0.29, 0.717) is 12.1 Å². The van der Waals surface area contributed by atoms with E-state index in [2.05, 4.69) is 39.7 Å². The van der Waals surface area contributed by atoms with Gasteiger partial charge in [0.05, 0.1) is 59.6 Å². The van der Waals surface area contributed by atoms with Crippen molar-refractivity contribution >= 4 is 98.4 Å². The number of halogens is 8. The molecule has 0 radical (unpaired) electrons. The number of aromatic nitrogens is 5. The van der Waals surface area contributed by atoms with E-state index in [0.717, 1.165) is 42.5 Å². The number of ether oxygens (including phenoxy) is 7. The van der Waals surface area contributed by atoms with E-state index in [1.807, 2.05) is 0 Å². The molecule has 0 aliphatic carbocycles. The topological polar surface area (TPSA) is 515 Å². The molecular formula is C53H55ClF7N12O24PS2. The largest absolute Gasteiger partial charge is 0.481 e. The van der Waals surface area contributed by atoms with Gasteiger partial charge in [0.15, 0.2) is 18.5 Å². The zero-order chi connectivity index (χ0) is 75.8. The van der Waals surface area contributed by atoms with Crippen molar-refractivity contribution in [1.82, 2.24) is 39.3 Å². The Bertz CT molecular complexity index is 4200. The number of rotatable bonds is 25. The number of nitrogens with zero attached hydrogens (tertiary/aromatic N) is 7. The zero-order valence-corrected chi connectivity index (χ0v) is 55.3. The summed E-state index contributed by atoms with van der Waals surface area (Å²) in [6.07, 6.45) is -4.75. The molecule has 5 amide bonds. The molecule has 0 saturated carbocycles. The van der Waals surface area contributed by atoms with Crippen LogP contribution in [0.5, 0.6) is 35.0 Å². The van der Waals surface area contributed by atoms with Gasteiger partial charge in [-0.1, -0.05) is 23.7 Å². The maximum atomic E-state index is 12.8. The number of carboxylic acid groups (broad SMARTS) is 2.